The number of aromatic nitrogens is 2. The van der Waals surface area contributed by atoms with Crippen LogP contribution in [0.5, 0.6) is 0 Å². The van der Waals surface area contributed by atoms with Crippen LogP contribution in [0.25, 0.3) is 0 Å². The summed E-state index contributed by atoms with van der Waals surface area (Å²) in [7, 11) is 0. The third-order valence-corrected chi connectivity index (χ3v) is 1.69. The lowest BCUT2D eigenvalue weighted by atomic mass is 10.3. The fourth-order valence-corrected chi connectivity index (χ4v) is 1.28. The summed E-state index contributed by atoms with van der Waals surface area (Å²) in [6.07, 6.45) is 2.37. The molecule has 1 aromatic rings. The first-order valence-electron chi connectivity index (χ1n) is 3.18. The van der Waals surface area contributed by atoms with Crippen LogP contribution in [0.4, 0.5) is 5.82 Å². The van der Waals surface area contributed by atoms with Crippen molar-refractivity contribution < 1.29 is 0 Å². The highest BCUT2D eigenvalue weighted by Gasteiger charge is 2.10. The molecular weight excluding hydrogens is 114 g/mol. The highest BCUT2D eigenvalue weighted by Crippen LogP contribution is 2.15. The lowest BCUT2D eigenvalue weighted by molar-refractivity contribution is 0.660. The van der Waals surface area contributed by atoms with E-state index in [-0.39, 0.29) is 0 Å². The summed E-state index contributed by atoms with van der Waals surface area (Å²) >= 11 is 0. The molecule has 0 aromatic carbocycles. The fourth-order valence-electron chi connectivity index (χ4n) is 1.28. The van der Waals surface area contributed by atoms with E-state index < -0.39 is 0 Å². The minimum atomic E-state index is 0.657. The molecule has 48 valence electrons. The van der Waals surface area contributed by atoms with Gasteiger partial charge >= 0.3 is 0 Å². The van der Waals surface area contributed by atoms with Crippen LogP contribution in [0.15, 0.2) is 6.07 Å². The van der Waals surface area contributed by atoms with Crippen molar-refractivity contribution >= 4 is 5.82 Å². The van der Waals surface area contributed by atoms with E-state index in [9.17, 15) is 0 Å². The molecular formula is C6H9N3. The van der Waals surface area contributed by atoms with Gasteiger partial charge in [0.2, 0.25) is 0 Å². The zero-order valence-electron chi connectivity index (χ0n) is 5.17. The molecule has 1 aliphatic rings. The summed E-state index contributed by atoms with van der Waals surface area (Å²) in [6.45, 7) is 1.05. The standard InChI is InChI=1S/C6H9N3/c7-6-4-5-2-1-3-9(5)8-6/h4H,1-3H2,(H2,7,8). The van der Waals surface area contributed by atoms with Crippen molar-refractivity contribution in [2.75, 3.05) is 5.73 Å². The van der Waals surface area contributed by atoms with Gasteiger partial charge in [0, 0.05) is 18.3 Å². The van der Waals surface area contributed by atoms with Gasteiger partial charge in [-0.15, -0.1) is 0 Å². The summed E-state index contributed by atoms with van der Waals surface area (Å²) in [5.41, 5.74) is 6.74. The van der Waals surface area contributed by atoms with E-state index in [0.717, 1.165) is 13.0 Å². The summed E-state index contributed by atoms with van der Waals surface area (Å²) in [4.78, 5) is 0. The largest absolute Gasteiger partial charge is 0.382 e. The van der Waals surface area contributed by atoms with Gasteiger partial charge in [-0.05, 0) is 12.8 Å². The monoisotopic (exact) mass is 123 g/mol. The van der Waals surface area contributed by atoms with E-state index in [2.05, 4.69) is 5.10 Å². The van der Waals surface area contributed by atoms with Gasteiger partial charge in [-0.2, -0.15) is 5.10 Å². The van der Waals surface area contributed by atoms with Crippen LogP contribution < -0.4 is 5.73 Å². The third-order valence-electron chi connectivity index (χ3n) is 1.69. The molecule has 0 amide bonds. The summed E-state index contributed by atoms with van der Waals surface area (Å²) < 4.78 is 1.98. The zero-order chi connectivity index (χ0) is 6.27. The van der Waals surface area contributed by atoms with Gasteiger partial charge in [0.15, 0.2) is 0 Å². The molecule has 2 rings (SSSR count). The summed E-state index contributed by atoms with van der Waals surface area (Å²) in [5, 5.41) is 4.09. The van der Waals surface area contributed by atoms with E-state index in [0.29, 0.717) is 5.82 Å². The van der Waals surface area contributed by atoms with Crippen LogP contribution in [0.2, 0.25) is 0 Å². The second-order valence-electron chi connectivity index (χ2n) is 2.39. The Morgan fingerprint density at radius 2 is 2.56 bits per heavy atom. The SMILES string of the molecule is Nc1cc2n(n1)CCC2. The Balaban J connectivity index is 2.51. The van der Waals surface area contributed by atoms with Gasteiger partial charge in [0.05, 0.1) is 0 Å². The Hall–Kier alpha value is -0.990. The maximum Gasteiger partial charge on any atom is 0.145 e. The lowest BCUT2D eigenvalue weighted by Gasteiger charge is -1.88. The number of nitrogens with two attached hydrogens (primary N) is 1. The second-order valence-corrected chi connectivity index (χ2v) is 2.39. The molecule has 2 heterocycles. The summed E-state index contributed by atoms with van der Waals surface area (Å²) in [6, 6.07) is 1.95. The van der Waals surface area contributed by atoms with E-state index in [1.165, 1.54) is 12.1 Å². The predicted octanol–water partition coefficient (Wildman–Crippen LogP) is 0.412. The minimum Gasteiger partial charge on any atom is -0.382 e. The van der Waals surface area contributed by atoms with E-state index in [1.54, 1.807) is 0 Å². The van der Waals surface area contributed by atoms with Crippen molar-refractivity contribution in [3.8, 4) is 0 Å². The maximum atomic E-state index is 5.46. The summed E-state index contributed by atoms with van der Waals surface area (Å²) in [5.74, 6) is 0.657. The Morgan fingerprint density at radius 3 is 3.33 bits per heavy atom. The molecule has 3 nitrogen and oxygen atoms in total. The molecule has 0 saturated carbocycles. The number of anilines is 1. The molecule has 0 unspecified atom stereocenters. The van der Waals surface area contributed by atoms with Crippen molar-refractivity contribution in [3.63, 3.8) is 0 Å². The van der Waals surface area contributed by atoms with Gasteiger partial charge in [0.1, 0.15) is 5.82 Å². The molecule has 3 heteroatoms. The van der Waals surface area contributed by atoms with Crippen LogP contribution >= 0.6 is 0 Å². The number of aryl methyl sites for hydroxylation is 2. The molecule has 9 heavy (non-hydrogen) atoms. The topological polar surface area (TPSA) is 43.8 Å². The molecule has 0 saturated heterocycles. The van der Waals surface area contributed by atoms with Crippen LogP contribution in [0, 0.1) is 0 Å². The molecule has 1 aromatic heterocycles. The maximum absolute atomic E-state index is 5.46. The highest BCUT2D eigenvalue weighted by molar-refractivity contribution is 5.30. The first-order valence-corrected chi connectivity index (χ1v) is 3.18. The average Bonchev–Trinajstić information content (AvgIpc) is 2.22. The van der Waals surface area contributed by atoms with E-state index in [4.69, 9.17) is 5.73 Å². The third kappa shape index (κ3) is 0.608. The van der Waals surface area contributed by atoms with Gasteiger partial charge < -0.3 is 5.73 Å². The minimum absolute atomic E-state index is 0.657. The van der Waals surface area contributed by atoms with Crippen LogP contribution in [0.3, 0.4) is 0 Å². The van der Waals surface area contributed by atoms with E-state index in [1.807, 2.05) is 10.7 Å². The van der Waals surface area contributed by atoms with Gasteiger partial charge in [-0.3, -0.25) is 4.68 Å². The predicted molar refractivity (Wildman–Crippen MR) is 35.0 cm³/mol. The Kier molecular flexibility index (Phi) is 0.806. The molecule has 0 fully saturated rings. The average molecular weight is 123 g/mol. The normalized spacial score (nSPS) is 16.0. The molecule has 0 bridgehead atoms. The molecule has 0 spiro atoms. The Labute approximate surface area is 53.5 Å². The number of nitrogen functional groups attached to an aromatic ring is 1. The Bertz CT molecular complexity index is 205. The van der Waals surface area contributed by atoms with Crippen LogP contribution in [-0.2, 0) is 13.0 Å². The van der Waals surface area contributed by atoms with Gasteiger partial charge in [0.25, 0.3) is 0 Å². The number of hydrogen-bond donors (Lipinski definition) is 1. The van der Waals surface area contributed by atoms with Gasteiger partial charge in [-0.25, -0.2) is 0 Å². The quantitative estimate of drug-likeness (QED) is 0.543. The van der Waals surface area contributed by atoms with Crippen LogP contribution in [-0.4, -0.2) is 9.78 Å². The fraction of sp³-hybridized carbons (Fsp3) is 0.500. The molecule has 0 aliphatic carbocycles. The van der Waals surface area contributed by atoms with Crippen molar-refractivity contribution in [2.45, 2.75) is 19.4 Å². The van der Waals surface area contributed by atoms with Gasteiger partial charge in [-0.1, -0.05) is 0 Å². The lowest BCUT2D eigenvalue weighted by Crippen LogP contribution is -1.95. The highest BCUT2D eigenvalue weighted by atomic mass is 15.3. The van der Waals surface area contributed by atoms with Crippen molar-refractivity contribution in [2.24, 2.45) is 0 Å². The number of fused-ring (bicyclic) bond motifs is 1. The van der Waals surface area contributed by atoms with Crippen molar-refractivity contribution in [3.05, 3.63) is 11.8 Å². The molecule has 0 radical (unpaired) electrons. The number of rotatable bonds is 0. The Morgan fingerprint density at radius 1 is 1.67 bits per heavy atom. The molecule has 0 atom stereocenters. The van der Waals surface area contributed by atoms with Crippen LogP contribution in [0.1, 0.15) is 12.1 Å². The molecule has 2 N–H and O–H groups in total. The number of nitrogens with zero attached hydrogens (tertiary/aromatic N) is 2. The number of hydrogen-bond acceptors (Lipinski definition) is 2. The first-order chi connectivity index (χ1) is 4.36. The molecule has 1 aliphatic heterocycles. The van der Waals surface area contributed by atoms with E-state index >= 15 is 0 Å². The van der Waals surface area contributed by atoms with Crippen molar-refractivity contribution in [1.29, 1.82) is 0 Å². The second kappa shape index (κ2) is 1.50. The zero-order valence-corrected chi connectivity index (χ0v) is 5.17. The van der Waals surface area contributed by atoms with Crippen molar-refractivity contribution in [1.82, 2.24) is 9.78 Å². The smallest absolute Gasteiger partial charge is 0.145 e. The first kappa shape index (κ1) is 4.85.